The highest BCUT2D eigenvalue weighted by atomic mass is 79.9. The Morgan fingerprint density at radius 1 is 0.479 bits per heavy atom. The summed E-state index contributed by atoms with van der Waals surface area (Å²) in [5.74, 6) is -0.110. The molecule has 12 aromatic rings. The summed E-state index contributed by atoms with van der Waals surface area (Å²) in [5.41, 5.74) is 4.73. The second-order valence-electron chi connectivity index (χ2n) is 36.8. The molecule has 2 atom stereocenters. The number of nitrogens with one attached hydrogen (secondary N) is 4. The second-order valence-corrected chi connectivity index (χ2v) is 46.9. The van der Waals surface area contributed by atoms with Crippen LogP contribution in [0, 0.1) is 58.6 Å². The van der Waals surface area contributed by atoms with Gasteiger partial charge in [0.05, 0.1) is 108 Å². The second kappa shape index (κ2) is 41.0. The molecule has 14 heterocycles. The van der Waals surface area contributed by atoms with Crippen LogP contribution in [0.3, 0.4) is 0 Å². The fourth-order valence-electron chi connectivity index (χ4n) is 18.0. The van der Waals surface area contributed by atoms with Gasteiger partial charge in [-0.2, -0.15) is 0 Å². The topological polar surface area (TPSA) is 393 Å². The zero-order valence-corrected chi connectivity index (χ0v) is 85.2. The molecule has 8 aliphatic heterocycles. The number of anilines is 4. The third kappa shape index (κ3) is 19.8. The molecule has 0 bridgehead atoms. The zero-order chi connectivity index (χ0) is 102. The van der Waals surface area contributed by atoms with Gasteiger partial charge in [-0.15, -0.1) is 6.42 Å². The van der Waals surface area contributed by atoms with Gasteiger partial charge in [0.1, 0.15) is 38.9 Å². The first kappa shape index (κ1) is 101. The van der Waals surface area contributed by atoms with E-state index < -0.39 is 75.0 Å². The van der Waals surface area contributed by atoms with Crippen molar-refractivity contribution in [3.05, 3.63) is 278 Å². The number of aryl methyl sites for hydroxylation is 5. The number of imide groups is 2. The molecular formula is C104H103Br2F2N15O17Si2. The first-order chi connectivity index (χ1) is 67.6. The number of amides is 12. The van der Waals surface area contributed by atoms with E-state index in [-0.39, 0.29) is 99.8 Å². The van der Waals surface area contributed by atoms with Gasteiger partial charge in [-0.3, -0.25) is 63.9 Å². The van der Waals surface area contributed by atoms with Crippen molar-refractivity contribution in [3.63, 3.8) is 0 Å². The van der Waals surface area contributed by atoms with Crippen LogP contribution in [-0.2, 0) is 47.4 Å². The van der Waals surface area contributed by atoms with Gasteiger partial charge in [0.25, 0.3) is 23.6 Å². The van der Waals surface area contributed by atoms with Crippen LogP contribution in [0.2, 0.25) is 10.1 Å². The quantitative estimate of drug-likeness (QED) is 0.0144. The predicted molar refractivity (Wildman–Crippen MR) is 540 cm³/mol. The minimum absolute atomic E-state index is 0.0266. The monoisotopic (exact) mass is 2090 g/mol. The fourth-order valence-corrected chi connectivity index (χ4v) is 27.5. The van der Waals surface area contributed by atoms with Crippen molar-refractivity contribution in [3.8, 4) is 46.8 Å². The van der Waals surface area contributed by atoms with Crippen molar-refractivity contribution < 1.29 is 89.7 Å². The summed E-state index contributed by atoms with van der Waals surface area (Å²) >= 11 is 6.71. The Bertz CT molecular complexity index is 6980. The molecule has 6 N–H and O–H groups in total. The first-order valence-corrected chi connectivity index (χ1v) is 50.9. The van der Waals surface area contributed by atoms with Crippen molar-refractivity contribution in [2.75, 3.05) is 73.1 Å². The minimum atomic E-state index is -2.72. The number of rotatable bonds is 19. The largest absolute Gasteiger partial charge is 0.533 e. The van der Waals surface area contributed by atoms with Gasteiger partial charge >= 0.3 is 28.7 Å². The summed E-state index contributed by atoms with van der Waals surface area (Å²) in [5, 5.41) is 32.5. The SMILES string of the molecule is C#C[C@]1(CN2Cc3ccc(OC)c(F)c3C2=O)NC(=O)NC1=O.COc1ccc2c(c1F)C(=O)N(C[C@@]1(c3cc4nc(C)c(N5CCC5=O)cc4o3)NC(=O)NC1=O)C2.Cc1nc(Br)c(O)cc1N1CCC1=O.Cc1ncc(O)cc1N1CCC1=O.Cc1ncc(O[Si](c2ccccc2)(c2ccccc2)C(C)(C)C)cc1Br.Cc1ncc(O[Si](c2ccccc2)(c2ccccc2)C(C)(C)C)cc1N1CCC1=O. The molecule has 0 spiro atoms. The molecule has 6 saturated heterocycles. The van der Waals surface area contributed by atoms with Crippen LogP contribution in [0.25, 0.3) is 11.1 Å². The molecule has 6 aromatic heterocycles. The maximum atomic E-state index is 14.8. The van der Waals surface area contributed by atoms with Crippen molar-refractivity contribution >= 4 is 162 Å². The van der Waals surface area contributed by atoms with Gasteiger partial charge in [-0.1, -0.05) is 181 Å². The van der Waals surface area contributed by atoms with Gasteiger partial charge in [0, 0.05) is 99.8 Å². The lowest BCUT2D eigenvalue weighted by Gasteiger charge is -2.43. The maximum Gasteiger partial charge on any atom is 0.323 e. The Morgan fingerprint density at radius 2 is 0.873 bits per heavy atom. The summed E-state index contributed by atoms with van der Waals surface area (Å²) in [6.45, 7) is 25.2. The Hall–Kier alpha value is -15.1. The van der Waals surface area contributed by atoms with E-state index in [0.717, 1.165) is 57.5 Å². The number of nitrogens with zero attached hydrogens (tertiary/aromatic N) is 11. The number of aromatic hydroxyl groups is 2. The van der Waals surface area contributed by atoms with Gasteiger partial charge in [-0.25, -0.2) is 28.3 Å². The molecular weight excluding hydrogens is 1990 g/mol. The molecule has 32 nitrogen and oxygen atoms in total. The third-order valence-corrected chi connectivity index (χ3v) is 37.0. The highest BCUT2D eigenvalue weighted by Gasteiger charge is 2.57. The number of pyridine rings is 5. The third-order valence-electron chi connectivity index (χ3n) is 25.8. The number of aromatic nitrogens is 5. The highest BCUT2D eigenvalue weighted by Crippen LogP contribution is 2.44. The average molecular weight is 2090 g/mol. The molecule has 6 aromatic carbocycles. The van der Waals surface area contributed by atoms with E-state index in [1.807, 2.05) is 63.5 Å². The lowest BCUT2D eigenvalue weighted by molar-refractivity contribution is -0.125. The fraction of sp³-hybridized carbons (Fsp3) is 0.279. The average Bonchev–Trinajstić information content (AvgIpc) is 1.65. The zero-order valence-electron chi connectivity index (χ0n) is 80.1. The number of ether oxygens (including phenoxy) is 2. The summed E-state index contributed by atoms with van der Waals surface area (Å²) in [7, 11) is -2.71. The molecule has 0 aliphatic carbocycles. The molecule has 12 amide bonds. The van der Waals surface area contributed by atoms with E-state index in [2.05, 4.69) is 229 Å². The molecule has 0 saturated carbocycles. The summed E-state index contributed by atoms with van der Waals surface area (Å²) in [6, 6.07) is 57.2. The normalized spacial score (nSPS) is 17.2. The van der Waals surface area contributed by atoms with Crippen LogP contribution >= 0.6 is 31.9 Å². The van der Waals surface area contributed by atoms with E-state index >= 15 is 0 Å². The number of benzene rings is 6. The van der Waals surface area contributed by atoms with Gasteiger partial charge in [0.2, 0.25) is 23.6 Å². The molecule has 0 unspecified atom stereocenters. The number of hydrogen-bond acceptors (Lipinski definition) is 22. The van der Waals surface area contributed by atoms with Crippen LogP contribution in [0.4, 0.5) is 41.1 Å². The van der Waals surface area contributed by atoms with Crippen LogP contribution < -0.4 is 79.9 Å². The Labute approximate surface area is 836 Å². The number of terminal acetylenes is 1. The van der Waals surface area contributed by atoms with Gasteiger partial charge in [0.15, 0.2) is 39.8 Å². The number of carbonyl (C=O) groups excluding carboxylic acids is 10. The predicted octanol–water partition coefficient (Wildman–Crippen LogP) is 13.3. The summed E-state index contributed by atoms with van der Waals surface area (Å²) < 4.78 is 60.3. The standard InChI is InChI=1S/C25H28N2O2Si.C24H20FN5O6.C22H24BrNOSi.C15H12FN3O4.C9H9BrN2O2.C9H10N2O2/c1-19-23(27-16-15-24(27)28)17-20(18-26-19)29-30(25(2,3)4,21-11-7-5-8-12-21)22-13-9-6-10-14-22;1-11-14(30-6-5-18(30)31)8-16-13(26-11)7-17(36-16)24(22(33)27-23(34)28-24)10-29-9-12-3-4-15(35-2)20(25)19(12)21(29)32;1-17-21(23)15-18(16-24-17)25-26(22(2,3)4,19-11-7-5-8-12-19)20-13-9-6-10-14-20;1-3-15(13(21)17-14(22)18-15)7-19-6-8-4-5-9(23-2)11(16)10(8)12(19)20;1-5-6(12-3-2-8(12)14)4-7(13)9(10)11-5;1-6-8(4-7(12)5-10-6)11-3-2-9(11)13/h5-14,17-18H,15-16H2,1-4H3;3-4,7-8H,5-6,9-10H2,1-2H3,(H2,27,28,33,34);5-16H,1-4H3;1,4-5H,6-7H2,2H3,(H2,17,18,21,22);4,13H,2-3H2,1H3;4-5,12H,2-3H2,1H3/t;24-;;15-;;/m.0.1../s1. The van der Waals surface area contributed by atoms with Gasteiger partial charge in [-0.05, 0) is 127 Å². The van der Waals surface area contributed by atoms with E-state index in [9.17, 15) is 66.9 Å². The van der Waals surface area contributed by atoms with E-state index in [1.54, 1.807) is 63.1 Å². The number of urea groups is 2. The van der Waals surface area contributed by atoms with Crippen LogP contribution in [-0.4, -0.2) is 180 Å². The van der Waals surface area contributed by atoms with Crippen LogP contribution in [0.5, 0.6) is 34.5 Å². The Morgan fingerprint density at radius 3 is 1.26 bits per heavy atom. The molecule has 732 valence electrons. The molecule has 6 fully saturated rings. The van der Waals surface area contributed by atoms with Gasteiger partial charge < -0.3 is 73.0 Å². The molecule has 20 rings (SSSR count). The van der Waals surface area contributed by atoms with E-state index in [4.69, 9.17) is 29.2 Å². The van der Waals surface area contributed by atoms with E-state index in [0.29, 0.717) is 88.4 Å². The van der Waals surface area contributed by atoms with Crippen LogP contribution in [0.1, 0.15) is 133 Å². The number of furan rings is 1. The van der Waals surface area contributed by atoms with Crippen molar-refractivity contribution in [2.24, 2.45) is 0 Å². The number of fused-ring (bicyclic) bond motifs is 3. The lowest BCUT2D eigenvalue weighted by atomic mass is 9.95. The highest BCUT2D eigenvalue weighted by molar-refractivity contribution is 9.10. The summed E-state index contributed by atoms with van der Waals surface area (Å²) in [4.78, 5) is 151. The molecule has 0 radical (unpaired) electrons. The number of β-lactam (4-membered cyclic amide) rings is 4. The van der Waals surface area contributed by atoms with E-state index in [1.165, 1.54) is 69.2 Å². The van der Waals surface area contributed by atoms with Crippen molar-refractivity contribution in [1.29, 1.82) is 0 Å². The molecule has 38 heteroatoms. The maximum absolute atomic E-state index is 14.8. The number of halogens is 4. The van der Waals surface area contributed by atoms with Crippen molar-refractivity contribution in [2.45, 2.75) is 136 Å². The smallest absolute Gasteiger partial charge is 0.323 e. The van der Waals surface area contributed by atoms with Crippen LogP contribution in [0.15, 0.2) is 214 Å². The van der Waals surface area contributed by atoms with Crippen molar-refractivity contribution in [1.82, 2.24) is 56.0 Å². The Balaban J connectivity index is 0.000000132. The first-order valence-electron chi connectivity index (χ1n) is 45.5. The molecule has 8 aliphatic rings. The number of carbonyl (C=O) groups is 10. The number of hydrogen-bond donors (Lipinski definition) is 6. The number of methoxy groups -OCH3 is 2. The summed E-state index contributed by atoms with van der Waals surface area (Å²) in [6.07, 6.45) is 12.6. The Kier molecular flexibility index (Phi) is 29.3. The lowest BCUT2D eigenvalue weighted by Crippen LogP contribution is -2.68. The minimum Gasteiger partial charge on any atom is -0.533 e. The molecule has 142 heavy (non-hydrogen) atoms.